The van der Waals surface area contributed by atoms with Crippen molar-refractivity contribution in [2.75, 3.05) is 26.2 Å². The summed E-state index contributed by atoms with van der Waals surface area (Å²) in [5.74, 6) is -0.163. The van der Waals surface area contributed by atoms with E-state index in [1.54, 1.807) is 7.11 Å². The van der Waals surface area contributed by atoms with Gasteiger partial charge >= 0.3 is 0 Å². The molecular weight excluding hydrogens is 194 g/mol. The third-order valence-corrected chi connectivity index (χ3v) is 2.32. The van der Waals surface area contributed by atoms with Crippen LogP contribution in [0.2, 0.25) is 0 Å². The Morgan fingerprint density at radius 2 is 2.54 bits per heavy atom. The number of methoxy groups -OCH3 is 1. The molecule has 1 aliphatic rings. The van der Waals surface area contributed by atoms with Crippen LogP contribution in [0.1, 0.15) is 6.42 Å². The molecule has 4 nitrogen and oxygen atoms in total. The summed E-state index contributed by atoms with van der Waals surface area (Å²) in [7, 11) is 1.61. The van der Waals surface area contributed by atoms with Crippen LogP contribution in [0.4, 0.5) is 0 Å². The van der Waals surface area contributed by atoms with Crippen LogP contribution < -0.4 is 5.32 Å². The van der Waals surface area contributed by atoms with Crippen molar-refractivity contribution in [3.63, 3.8) is 0 Å². The summed E-state index contributed by atoms with van der Waals surface area (Å²) in [6, 6.07) is 0.0324. The lowest BCUT2D eigenvalue weighted by Crippen LogP contribution is -2.49. The van der Waals surface area contributed by atoms with Gasteiger partial charge in [-0.1, -0.05) is 0 Å². The van der Waals surface area contributed by atoms with Crippen LogP contribution in [0.25, 0.3) is 0 Å². The Labute approximate surface area is 82.5 Å². The zero-order valence-corrected chi connectivity index (χ0v) is 8.34. The van der Waals surface area contributed by atoms with Gasteiger partial charge in [-0.3, -0.25) is 4.79 Å². The number of rotatable bonds is 3. The maximum absolute atomic E-state index is 11.0. The third-order valence-electron chi connectivity index (χ3n) is 2.07. The molecule has 1 saturated heterocycles. The van der Waals surface area contributed by atoms with Crippen LogP contribution >= 0.6 is 11.6 Å². The highest BCUT2D eigenvalue weighted by molar-refractivity contribution is 6.27. The Hall–Kier alpha value is -0.320. The largest absolute Gasteiger partial charge is 0.379 e. The lowest BCUT2D eigenvalue weighted by Gasteiger charge is -2.30. The van der Waals surface area contributed by atoms with Crippen molar-refractivity contribution in [3.8, 4) is 0 Å². The first-order valence-electron chi connectivity index (χ1n) is 4.23. The average Bonchev–Trinajstić information content (AvgIpc) is 2.18. The molecule has 0 aromatic carbocycles. The number of carbonyl (C=O) groups excluding carboxylic acids is 1. The second-order valence-corrected chi connectivity index (χ2v) is 3.21. The Bertz CT molecular complexity index is 177. The molecule has 0 aromatic heterocycles. The fourth-order valence-electron chi connectivity index (χ4n) is 1.35. The molecule has 2 atom stereocenters. The predicted molar refractivity (Wildman–Crippen MR) is 48.9 cm³/mol. The Kier molecular flexibility index (Phi) is 4.48. The quantitative estimate of drug-likeness (QED) is 0.670. The number of halogens is 1. The van der Waals surface area contributed by atoms with Crippen LogP contribution in [0.3, 0.4) is 0 Å². The molecule has 0 radical (unpaired) electrons. The van der Waals surface area contributed by atoms with Gasteiger partial charge < -0.3 is 14.8 Å². The van der Waals surface area contributed by atoms with Gasteiger partial charge in [0.05, 0.1) is 12.6 Å². The smallest absolute Gasteiger partial charge is 0.235 e. The summed E-state index contributed by atoms with van der Waals surface area (Å²) >= 11 is 5.38. The van der Waals surface area contributed by atoms with Gasteiger partial charge in [0, 0.05) is 13.7 Å². The number of hydrogen-bond acceptors (Lipinski definition) is 3. The van der Waals surface area contributed by atoms with Crippen molar-refractivity contribution in [1.29, 1.82) is 0 Å². The minimum atomic E-state index is -0.157. The van der Waals surface area contributed by atoms with Crippen molar-refractivity contribution in [1.82, 2.24) is 5.32 Å². The van der Waals surface area contributed by atoms with Gasteiger partial charge in [0.2, 0.25) is 5.91 Å². The summed E-state index contributed by atoms with van der Waals surface area (Å²) in [5.41, 5.74) is 0. The second-order valence-electron chi connectivity index (χ2n) is 2.95. The van der Waals surface area contributed by atoms with Gasteiger partial charge in [-0.2, -0.15) is 0 Å². The van der Waals surface area contributed by atoms with E-state index in [9.17, 15) is 4.79 Å². The summed E-state index contributed by atoms with van der Waals surface area (Å²) in [5, 5.41) is 2.79. The van der Waals surface area contributed by atoms with Gasteiger partial charge in [0.1, 0.15) is 12.0 Å². The Balaban J connectivity index is 2.40. The Morgan fingerprint density at radius 1 is 1.77 bits per heavy atom. The van der Waals surface area contributed by atoms with Gasteiger partial charge in [0.15, 0.2) is 0 Å². The van der Waals surface area contributed by atoms with Crippen molar-refractivity contribution in [2.45, 2.75) is 18.6 Å². The molecule has 5 heteroatoms. The summed E-state index contributed by atoms with van der Waals surface area (Å²) in [6.45, 7) is 1.19. The predicted octanol–water partition coefficient (Wildman–Crippen LogP) is 0.145. The molecule has 1 fully saturated rings. The van der Waals surface area contributed by atoms with Crippen molar-refractivity contribution < 1.29 is 14.3 Å². The number of hydrogen-bond donors (Lipinski definition) is 1. The minimum absolute atomic E-state index is 0.00616. The van der Waals surface area contributed by atoms with Crippen LogP contribution in [-0.4, -0.2) is 44.3 Å². The van der Waals surface area contributed by atoms with E-state index >= 15 is 0 Å². The maximum Gasteiger partial charge on any atom is 0.235 e. The SMILES string of the molecule is CO[C@@H]1COCC[C@H]1NC(=O)CCl. The topological polar surface area (TPSA) is 47.6 Å². The first-order chi connectivity index (χ1) is 6.27. The van der Waals surface area contributed by atoms with E-state index in [1.807, 2.05) is 0 Å². The maximum atomic E-state index is 11.0. The van der Waals surface area contributed by atoms with Crippen LogP contribution in [-0.2, 0) is 14.3 Å². The molecule has 1 aliphatic heterocycles. The average molecular weight is 208 g/mol. The molecule has 13 heavy (non-hydrogen) atoms. The first kappa shape index (κ1) is 10.8. The van der Waals surface area contributed by atoms with E-state index in [0.29, 0.717) is 13.2 Å². The normalized spacial score (nSPS) is 28.5. The highest BCUT2D eigenvalue weighted by atomic mass is 35.5. The number of amides is 1. The van der Waals surface area contributed by atoms with Crippen LogP contribution in [0.5, 0.6) is 0 Å². The standard InChI is InChI=1S/C8H14ClNO3/c1-12-7-5-13-3-2-6(7)10-8(11)4-9/h6-7H,2-5H2,1H3,(H,10,11)/t6-,7-/m1/s1. The molecule has 1 amide bonds. The summed E-state index contributed by atoms with van der Waals surface area (Å²) < 4.78 is 10.4. The molecule has 1 N–H and O–H groups in total. The molecule has 0 bridgehead atoms. The molecule has 0 aromatic rings. The number of ether oxygens (including phenoxy) is 2. The summed E-state index contributed by atoms with van der Waals surface area (Å²) in [6.07, 6.45) is 0.724. The zero-order chi connectivity index (χ0) is 9.68. The molecule has 1 rings (SSSR count). The van der Waals surface area contributed by atoms with Crippen LogP contribution in [0, 0.1) is 0 Å². The zero-order valence-electron chi connectivity index (χ0n) is 7.59. The molecule has 0 aliphatic carbocycles. The van der Waals surface area contributed by atoms with Crippen molar-refractivity contribution in [3.05, 3.63) is 0 Å². The fourth-order valence-corrected chi connectivity index (χ4v) is 1.43. The van der Waals surface area contributed by atoms with Gasteiger partial charge in [0.25, 0.3) is 0 Å². The van der Waals surface area contributed by atoms with Gasteiger partial charge in [-0.15, -0.1) is 11.6 Å². The molecule has 0 saturated carbocycles. The summed E-state index contributed by atoms with van der Waals surface area (Å²) in [4.78, 5) is 11.0. The highest BCUT2D eigenvalue weighted by Gasteiger charge is 2.26. The molecule has 76 valence electrons. The molecule has 0 unspecified atom stereocenters. The minimum Gasteiger partial charge on any atom is -0.379 e. The van der Waals surface area contributed by atoms with E-state index in [1.165, 1.54) is 0 Å². The van der Waals surface area contributed by atoms with Gasteiger partial charge in [-0.25, -0.2) is 0 Å². The third kappa shape index (κ3) is 3.14. The van der Waals surface area contributed by atoms with E-state index < -0.39 is 0 Å². The van der Waals surface area contributed by atoms with Crippen molar-refractivity contribution in [2.24, 2.45) is 0 Å². The van der Waals surface area contributed by atoms with Crippen molar-refractivity contribution >= 4 is 17.5 Å². The lowest BCUT2D eigenvalue weighted by atomic mass is 10.1. The first-order valence-corrected chi connectivity index (χ1v) is 4.77. The fraction of sp³-hybridized carbons (Fsp3) is 0.875. The van der Waals surface area contributed by atoms with E-state index in [0.717, 1.165) is 6.42 Å². The van der Waals surface area contributed by atoms with Gasteiger partial charge in [-0.05, 0) is 6.42 Å². The number of nitrogens with one attached hydrogen (secondary N) is 1. The molecule has 0 spiro atoms. The lowest BCUT2D eigenvalue weighted by molar-refractivity contribution is -0.122. The molecular formula is C8H14ClNO3. The monoisotopic (exact) mass is 207 g/mol. The van der Waals surface area contributed by atoms with Crippen LogP contribution in [0.15, 0.2) is 0 Å². The number of carbonyl (C=O) groups is 1. The molecule has 1 heterocycles. The number of alkyl halides is 1. The van der Waals surface area contributed by atoms with E-state index in [-0.39, 0.29) is 23.9 Å². The second kappa shape index (κ2) is 5.42. The highest BCUT2D eigenvalue weighted by Crippen LogP contribution is 2.10. The Morgan fingerprint density at radius 3 is 3.15 bits per heavy atom. The van der Waals surface area contributed by atoms with E-state index in [4.69, 9.17) is 21.1 Å². The van der Waals surface area contributed by atoms with E-state index in [2.05, 4.69) is 5.32 Å².